The van der Waals surface area contributed by atoms with Gasteiger partial charge in [0.25, 0.3) is 5.91 Å². The lowest BCUT2D eigenvalue weighted by Crippen LogP contribution is -2.43. The van der Waals surface area contributed by atoms with Crippen LogP contribution in [-0.4, -0.2) is 48.6 Å². The number of carbonyl (C=O) groups is 1. The van der Waals surface area contributed by atoms with E-state index in [2.05, 4.69) is 38.1 Å². The predicted octanol–water partition coefficient (Wildman–Crippen LogP) is 4.61. The van der Waals surface area contributed by atoms with Gasteiger partial charge in [-0.15, -0.1) is 34.4 Å². The number of thiazole rings is 1. The number of thiophene rings is 1. The van der Waals surface area contributed by atoms with Gasteiger partial charge in [0.05, 0.1) is 30.0 Å². The van der Waals surface area contributed by atoms with E-state index in [0.717, 1.165) is 47.7 Å². The molecule has 1 aliphatic rings. The maximum Gasteiger partial charge on any atom is 0.251 e. The van der Waals surface area contributed by atoms with Crippen LogP contribution in [0.15, 0.2) is 52.1 Å². The van der Waals surface area contributed by atoms with E-state index >= 15 is 0 Å². The van der Waals surface area contributed by atoms with Gasteiger partial charge in [-0.05, 0) is 42.6 Å². The van der Waals surface area contributed by atoms with Gasteiger partial charge in [0.15, 0.2) is 0 Å². The van der Waals surface area contributed by atoms with E-state index in [1.54, 1.807) is 34.4 Å². The molecule has 4 rings (SSSR count). The van der Waals surface area contributed by atoms with E-state index in [0.29, 0.717) is 12.1 Å². The predicted molar refractivity (Wildman–Crippen MR) is 125 cm³/mol. The summed E-state index contributed by atoms with van der Waals surface area (Å²) < 4.78 is 5.49. The van der Waals surface area contributed by atoms with Crippen LogP contribution in [0.3, 0.4) is 0 Å². The largest absolute Gasteiger partial charge is 0.379 e. The normalized spacial score (nSPS) is 15.8. The molecule has 0 radical (unpaired) electrons. The summed E-state index contributed by atoms with van der Waals surface area (Å²) in [4.78, 5) is 22.0. The maximum atomic E-state index is 12.7. The van der Waals surface area contributed by atoms with Crippen molar-refractivity contribution in [2.24, 2.45) is 0 Å². The summed E-state index contributed by atoms with van der Waals surface area (Å²) in [6.07, 6.45) is 0. The molecule has 1 saturated heterocycles. The third-order valence-electron chi connectivity index (χ3n) is 4.98. The Kier molecular flexibility index (Phi) is 7.57. The van der Waals surface area contributed by atoms with E-state index in [9.17, 15) is 4.79 Å². The van der Waals surface area contributed by atoms with Crippen LogP contribution in [0.25, 0.3) is 0 Å². The van der Waals surface area contributed by atoms with E-state index in [-0.39, 0.29) is 11.9 Å². The quantitative estimate of drug-likeness (QED) is 0.499. The molecule has 1 aliphatic heterocycles. The van der Waals surface area contributed by atoms with Crippen molar-refractivity contribution in [3.05, 3.63) is 68.3 Å². The second-order valence-corrected chi connectivity index (χ2v) is 10.2. The minimum absolute atomic E-state index is 0.0310. The molecular formula is C22H25N3O2S3. The number of nitrogens with one attached hydrogen (secondary N) is 1. The fraction of sp³-hybridized carbons (Fsp3) is 0.364. The highest BCUT2D eigenvalue weighted by Crippen LogP contribution is 2.26. The molecule has 8 heteroatoms. The van der Waals surface area contributed by atoms with Gasteiger partial charge < -0.3 is 10.1 Å². The van der Waals surface area contributed by atoms with Gasteiger partial charge in [-0.25, -0.2) is 4.98 Å². The third-order valence-corrected chi connectivity index (χ3v) is 7.83. The van der Waals surface area contributed by atoms with Crippen molar-refractivity contribution >= 4 is 40.3 Å². The van der Waals surface area contributed by atoms with Crippen LogP contribution < -0.4 is 5.32 Å². The maximum absolute atomic E-state index is 12.7. The molecule has 3 heterocycles. The van der Waals surface area contributed by atoms with Gasteiger partial charge in [0.2, 0.25) is 0 Å². The number of nitrogens with zero attached hydrogens (tertiary/aromatic N) is 2. The molecular weight excluding hydrogens is 434 g/mol. The van der Waals surface area contributed by atoms with Crippen molar-refractivity contribution in [3.63, 3.8) is 0 Å². The zero-order valence-electron chi connectivity index (χ0n) is 16.9. The number of rotatable bonds is 8. The molecule has 2 aromatic heterocycles. The van der Waals surface area contributed by atoms with Crippen molar-refractivity contribution in [1.29, 1.82) is 0 Å². The van der Waals surface area contributed by atoms with Crippen molar-refractivity contribution in [2.75, 3.05) is 32.8 Å². The molecule has 0 spiro atoms. The smallest absolute Gasteiger partial charge is 0.251 e. The number of aryl methyl sites for hydroxylation is 1. The molecule has 0 saturated carbocycles. The monoisotopic (exact) mass is 459 g/mol. The molecule has 1 aromatic carbocycles. The highest BCUT2D eigenvalue weighted by atomic mass is 32.2. The second-order valence-electron chi connectivity index (χ2n) is 7.06. The lowest BCUT2D eigenvalue weighted by molar-refractivity contribution is 0.0169. The van der Waals surface area contributed by atoms with E-state index in [1.807, 2.05) is 31.2 Å². The molecule has 1 atom stereocenters. The lowest BCUT2D eigenvalue weighted by atomic mass is 10.1. The Morgan fingerprint density at radius 1 is 1.23 bits per heavy atom. The van der Waals surface area contributed by atoms with E-state index < -0.39 is 0 Å². The minimum Gasteiger partial charge on any atom is -0.379 e. The Balaban J connectivity index is 1.33. The number of aromatic nitrogens is 1. The first-order valence-electron chi connectivity index (χ1n) is 9.96. The van der Waals surface area contributed by atoms with Crippen molar-refractivity contribution in [1.82, 2.24) is 15.2 Å². The molecule has 1 unspecified atom stereocenters. The Morgan fingerprint density at radius 3 is 2.70 bits per heavy atom. The molecule has 1 N–H and O–H groups in total. The first-order chi connectivity index (χ1) is 14.7. The highest BCUT2D eigenvalue weighted by Gasteiger charge is 2.24. The summed E-state index contributed by atoms with van der Waals surface area (Å²) in [5.74, 6) is 0.814. The molecule has 3 aromatic rings. The molecule has 0 aliphatic carbocycles. The third kappa shape index (κ3) is 5.70. The van der Waals surface area contributed by atoms with Gasteiger partial charge in [-0.2, -0.15) is 0 Å². The Morgan fingerprint density at radius 2 is 2.03 bits per heavy atom. The first-order valence-corrected chi connectivity index (χ1v) is 12.7. The zero-order valence-corrected chi connectivity index (χ0v) is 19.3. The minimum atomic E-state index is -0.0310. The second kappa shape index (κ2) is 10.5. The SMILES string of the molecule is Cc1nc(CSc2ccc(C(=O)NCC(c3cccs3)N3CCOCC3)cc2)cs1. The summed E-state index contributed by atoms with van der Waals surface area (Å²) in [5.41, 5.74) is 1.79. The number of thioether (sulfide) groups is 1. The van der Waals surface area contributed by atoms with Crippen LogP contribution in [0.4, 0.5) is 0 Å². The molecule has 30 heavy (non-hydrogen) atoms. The van der Waals surface area contributed by atoms with Crippen molar-refractivity contribution in [2.45, 2.75) is 23.6 Å². The van der Waals surface area contributed by atoms with Crippen molar-refractivity contribution < 1.29 is 9.53 Å². The summed E-state index contributed by atoms with van der Waals surface area (Å²) in [7, 11) is 0. The van der Waals surface area contributed by atoms with E-state index in [4.69, 9.17) is 4.74 Å². The number of amides is 1. The molecule has 1 fully saturated rings. The number of hydrogen-bond donors (Lipinski definition) is 1. The van der Waals surface area contributed by atoms with Crippen molar-refractivity contribution in [3.8, 4) is 0 Å². The van der Waals surface area contributed by atoms with Gasteiger partial charge in [0.1, 0.15) is 0 Å². The van der Waals surface area contributed by atoms with Crippen LogP contribution in [0.1, 0.15) is 32.0 Å². The number of benzene rings is 1. The van der Waals surface area contributed by atoms with Crippen LogP contribution >= 0.6 is 34.4 Å². The van der Waals surface area contributed by atoms with Gasteiger partial charge >= 0.3 is 0 Å². The molecule has 1 amide bonds. The van der Waals surface area contributed by atoms with Gasteiger partial charge in [-0.3, -0.25) is 9.69 Å². The van der Waals surface area contributed by atoms with Crippen LogP contribution in [-0.2, 0) is 10.5 Å². The van der Waals surface area contributed by atoms with Gasteiger partial charge in [-0.1, -0.05) is 6.07 Å². The average molecular weight is 460 g/mol. The fourth-order valence-electron chi connectivity index (χ4n) is 3.41. The summed E-state index contributed by atoms with van der Waals surface area (Å²) in [6, 6.07) is 12.2. The Hall–Kier alpha value is -1.71. The van der Waals surface area contributed by atoms with Crippen LogP contribution in [0, 0.1) is 6.92 Å². The number of hydrogen-bond acceptors (Lipinski definition) is 7. The van der Waals surface area contributed by atoms with Crippen LogP contribution in [0.2, 0.25) is 0 Å². The molecule has 0 bridgehead atoms. The zero-order chi connectivity index (χ0) is 20.8. The number of ether oxygens (including phenoxy) is 1. The summed E-state index contributed by atoms with van der Waals surface area (Å²) in [6.45, 7) is 5.89. The Bertz CT molecular complexity index is 935. The first kappa shape index (κ1) is 21.5. The summed E-state index contributed by atoms with van der Waals surface area (Å²) in [5, 5.41) is 8.42. The lowest BCUT2D eigenvalue weighted by Gasteiger charge is -2.34. The molecule has 5 nitrogen and oxygen atoms in total. The summed E-state index contributed by atoms with van der Waals surface area (Å²) >= 11 is 5.15. The number of morpholine rings is 1. The average Bonchev–Trinajstić information content (AvgIpc) is 3.45. The topological polar surface area (TPSA) is 54.5 Å². The molecule has 158 valence electrons. The van der Waals surface area contributed by atoms with Gasteiger partial charge in [0, 0.05) is 46.1 Å². The Labute approximate surface area is 189 Å². The van der Waals surface area contributed by atoms with Crippen LogP contribution in [0.5, 0.6) is 0 Å². The standard InChI is InChI=1S/C22H25N3O2S3/c1-16-24-18(14-29-16)15-30-19-6-4-17(5-7-19)22(26)23-13-20(21-3-2-12-28-21)25-8-10-27-11-9-25/h2-7,12,14,20H,8-11,13,15H2,1H3,(H,23,26). The highest BCUT2D eigenvalue weighted by molar-refractivity contribution is 7.98. The number of carbonyl (C=O) groups excluding carboxylic acids is 1. The fourth-order valence-corrected chi connectivity index (χ4v) is 5.78. The van der Waals surface area contributed by atoms with E-state index in [1.165, 1.54) is 4.88 Å².